The molecule has 102 valence electrons. The normalized spacial score (nSPS) is 19.9. The molecule has 0 radical (unpaired) electrons. The van der Waals surface area contributed by atoms with Crippen molar-refractivity contribution in [1.82, 2.24) is 19.9 Å². The standard InChI is InChI=1S/C15H22N4/c1-15(2)8-6-12(7-9-15)16-11-14-18-17-13-5-3-4-10-19(13)14/h3-5,10,12,16H,6-9,11H2,1-2H3. The smallest absolute Gasteiger partial charge is 0.160 e. The molecular weight excluding hydrogens is 236 g/mol. The molecule has 0 saturated heterocycles. The molecule has 4 heteroatoms. The highest BCUT2D eigenvalue weighted by Crippen LogP contribution is 2.34. The first-order valence-corrected chi connectivity index (χ1v) is 7.16. The Balaban J connectivity index is 1.61. The Morgan fingerprint density at radius 1 is 1.26 bits per heavy atom. The zero-order valence-electron chi connectivity index (χ0n) is 11.8. The molecule has 4 nitrogen and oxygen atoms in total. The van der Waals surface area contributed by atoms with Gasteiger partial charge in [-0.15, -0.1) is 10.2 Å². The number of nitrogens with zero attached hydrogens (tertiary/aromatic N) is 3. The predicted molar refractivity (Wildman–Crippen MR) is 75.9 cm³/mol. The van der Waals surface area contributed by atoms with Gasteiger partial charge in [-0.2, -0.15) is 0 Å². The fourth-order valence-electron chi connectivity index (χ4n) is 2.85. The van der Waals surface area contributed by atoms with E-state index in [1.807, 2.05) is 24.4 Å². The lowest BCUT2D eigenvalue weighted by Gasteiger charge is -2.34. The zero-order valence-corrected chi connectivity index (χ0v) is 11.8. The summed E-state index contributed by atoms with van der Waals surface area (Å²) in [5.41, 5.74) is 1.45. The maximum Gasteiger partial charge on any atom is 0.160 e. The van der Waals surface area contributed by atoms with Gasteiger partial charge in [0.1, 0.15) is 0 Å². The van der Waals surface area contributed by atoms with E-state index >= 15 is 0 Å². The van der Waals surface area contributed by atoms with Crippen molar-refractivity contribution in [2.24, 2.45) is 5.41 Å². The molecule has 3 rings (SSSR count). The van der Waals surface area contributed by atoms with Crippen LogP contribution in [-0.2, 0) is 6.54 Å². The van der Waals surface area contributed by atoms with E-state index < -0.39 is 0 Å². The second-order valence-corrected chi connectivity index (χ2v) is 6.36. The summed E-state index contributed by atoms with van der Waals surface area (Å²) in [5, 5.41) is 12.1. The molecule has 2 aromatic rings. The largest absolute Gasteiger partial charge is 0.307 e. The van der Waals surface area contributed by atoms with Crippen LogP contribution in [0, 0.1) is 5.41 Å². The first-order chi connectivity index (χ1) is 9.14. The minimum Gasteiger partial charge on any atom is -0.307 e. The minimum atomic E-state index is 0.528. The highest BCUT2D eigenvalue weighted by atomic mass is 15.3. The summed E-state index contributed by atoms with van der Waals surface area (Å²) in [6, 6.07) is 6.62. The van der Waals surface area contributed by atoms with Crippen molar-refractivity contribution in [2.75, 3.05) is 0 Å². The van der Waals surface area contributed by atoms with E-state index in [0.717, 1.165) is 18.0 Å². The van der Waals surface area contributed by atoms with Crippen molar-refractivity contribution in [2.45, 2.75) is 52.1 Å². The Morgan fingerprint density at radius 3 is 2.84 bits per heavy atom. The van der Waals surface area contributed by atoms with Crippen LogP contribution in [-0.4, -0.2) is 20.6 Å². The fraction of sp³-hybridized carbons (Fsp3) is 0.600. The zero-order chi connectivity index (χ0) is 13.3. The number of nitrogens with one attached hydrogen (secondary N) is 1. The van der Waals surface area contributed by atoms with Crippen LogP contribution >= 0.6 is 0 Å². The summed E-state index contributed by atoms with van der Waals surface area (Å²) in [4.78, 5) is 0. The fourth-order valence-corrected chi connectivity index (χ4v) is 2.85. The first kappa shape index (κ1) is 12.6. The Bertz CT molecular complexity index is 548. The van der Waals surface area contributed by atoms with Crippen LogP contribution in [0.2, 0.25) is 0 Å². The van der Waals surface area contributed by atoms with Gasteiger partial charge in [-0.25, -0.2) is 0 Å². The van der Waals surface area contributed by atoms with Crippen molar-refractivity contribution >= 4 is 5.65 Å². The summed E-state index contributed by atoms with van der Waals surface area (Å²) in [5.74, 6) is 1.00. The summed E-state index contributed by atoms with van der Waals surface area (Å²) < 4.78 is 2.06. The molecule has 0 spiro atoms. The van der Waals surface area contributed by atoms with Crippen molar-refractivity contribution in [3.8, 4) is 0 Å². The number of rotatable bonds is 3. The van der Waals surface area contributed by atoms with Gasteiger partial charge in [0.15, 0.2) is 11.5 Å². The van der Waals surface area contributed by atoms with Gasteiger partial charge in [0.25, 0.3) is 0 Å². The first-order valence-electron chi connectivity index (χ1n) is 7.16. The van der Waals surface area contributed by atoms with Crippen LogP contribution in [0.5, 0.6) is 0 Å². The maximum atomic E-state index is 4.26. The lowest BCUT2D eigenvalue weighted by atomic mass is 9.75. The molecule has 1 aliphatic carbocycles. The summed E-state index contributed by atoms with van der Waals surface area (Å²) >= 11 is 0. The Labute approximate surface area is 114 Å². The summed E-state index contributed by atoms with van der Waals surface area (Å²) in [7, 11) is 0. The summed E-state index contributed by atoms with van der Waals surface area (Å²) in [6.45, 7) is 5.54. The lowest BCUT2D eigenvalue weighted by molar-refractivity contribution is 0.205. The van der Waals surface area contributed by atoms with E-state index in [4.69, 9.17) is 0 Å². The number of fused-ring (bicyclic) bond motifs is 1. The van der Waals surface area contributed by atoms with E-state index in [1.165, 1.54) is 25.7 Å². The second kappa shape index (κ2) is 4.93. The average molecular weight is 258 g/mol. The third-order valence-corrected chi connectivity index (χ3v) is 4.27. The SMILES string of the molecule is CC1(C)CCC(NCc2nnc3ccccn23)CC1. The van der Waals surface area contributed by atoms with Gasteiger partial charge in [0.05, 0.1) is 6.54 Å². The highest BCUT2D eigenvalue weighted by molar-refractivity contribution is 5.36. The van der Waals surface area contributed by atoms with Gasteiger partial charge in [-0.05, 0) is 43.2 Å². The molecule has 19 heavy (non-hydrogen) atoms. The van der Waals surface area contributed by atoms with Crippen LogP contribution in [0.25, 0.3) is 5.65 Å². The Kier molecular flexibility index (Phi) is 3.27. The topological polar surface area (TPSA) is 42.2 Å². The van der Waals surface area contributed by atoms with E-state index in [0.29, 0.717) is 11.5 Å². The van der Waals surface area contributed by atoms with E-state index in [9.17, 15) is 0 Å². The molecule has 0 amide bonds. The third-order valence-electron chi connectivity index (χ3n) is 4.27. The van der Waals surface area contributed by atoms with Gasteiger partial charge in [-0.1, -0.05) is 19.9 Å². The van der Waals surface area contributed by atoms with Crippen LogP contribution in [0.15, 0.2) is 24.4 Å². The molecule has 2 aromatic heterocycles. The molecule has 1 N–H and O–H groups in total. The predicted octanol–water partition coefficient (Wildman–Crippen LogP) is 2.79. The van der Waals surface area contributed by atoms with Crippen molar-refractivity contribution in [3.63, 3.8) is 0 Å². The highest BCUT2D eigenvalue weighted by Gasteiger charge is 2.26. The molecule has 0 bridgehead atoms. The average Bonchev–Trinajstić information content (AvgIpc) is 2.81. The van der Waals surface area contributed by atoms with Crippen LogP contribution in [0.3, 0.4) is 0 Å². The number of hydrogen-bond donors (Lipinski definition) is 1. The van der Waals surface area contributed by atoms with Crippen LogP contribution < -0.4 is 5.32 Å². The molecule has 2 heterocycles. The number of hydrogen-bond acceptors (Lipinski definition) is 3. The van der Waals surface area contributed by atoms with E-state index in [1.54, 1.807) is 0 Å². The lowest BCUT2D eigenvalue weighted by Crippen LogP contribution is -2.35. The molecule has 0 aromatic carbocycles. The number of pyridine rings is 1. The molecular formula is C15H22N4. The maximum absolute atomic E-state index is 4.26. The van der Waals surface area contributed by atoms with Gasteiger partial charge in [0.2, 0.25) is 0 Å². The number of aromatic nitrogens is 3. The summed E-state index contributed by atoms with van der Waals surface area (Å²) in [6.07, 6.45) is 7.18. The van der Waals surface area contributed by atoms with E-state index in [-0.39, 0.29) is 0 Å². The monoisotopic (exact) mass is 258 g/mol. The molecule has 1 saturated carbocycles. The van der Waals surface area contributed by atoms with Crippen molar-refractivity contribution in [1.29, 1.82) is 0 Å². The molecule has 0 unspecified atom stereocenters. The van der Waals surface area contributed by atoms with Crippen molar-refractivity contribution < 1.29 is 0 Å². The van der Waals surface area contributed by atoms with Crippen LogP contribution in [0.1, 0.15) is 45.4 Å². The molecule has 0 atom stereocenters. The molecule has 1 fully saturated rings. The van der Waals surface area contributed by atoms with Gasteiger partial charge < -0.3 is 5.32 Å². The van der Waals surface area contributed by atoms with Gasteiger partial charge in [-0.3, -0.25) is 4.40 Å². The molecule has 0 aliphatic heterocycles. The third kappa shape index (κ3) is 2.78. The quantitative estimate of drug-likeness (QED) is 0.920. The van der Waals surface area contributed by atoms with Gasteiger partial charge in [0, 0.05) is 12.2 Å². The minimum absolute atomic E-state index is 0.528. The Morgan fingerprint density at radius 2 is 2.05 bits per heavy atom. The Hall–Kier alpha value is -1.42. The van der Waals surface area contributed by atoms with E-state index in [2.05, 4.69) is 33.8 Å². The van der Waals surface area contributed by atoms with Crippen molar-refractivity contribution in [3.05, 3.63) is 30.2 Å². The second-order valence-electron chi connectivity index (χ2n) is 6.36. The molecule has 1 aliphatic rings. The van der Waals surface area contributed by atoms with Crippen LogP contribution in [0.4, 0.5) is 0 Å². The van der Waals surface area contributed by atoms with Gasteiger partial charge >= 0.3 is 0 Å².